The zero-order chi connectivity index (χ0) is 26.0. The van der Waals surface area contributed by atoms with Crippen LogP contribution in [0.15, 0.2) is 36.7 Å². The molecule has 2 aromatic heterocycles. The molecule has 2 N–H and O–H groups in total. The number of aryl methyl sites for hydroxylation is 1. The van der Waals surface area contributed by atoms with Crippen molar-refractivity contribution in [1.82, 2.24) is 25.1 Å². The van der Waals surface area contributed by atoms with E-state index in [2.05, 4.69) is 60.7 Å². The van der Waals surface area contributed by atoms with E-state index < -0.39 is 0 Å². The molecule has 0 atom stereocenters. The van der Waals surface area contributed by atoms with Crippen molar-refractivity contribution in [1.29, 1.82) is 0 Å². The van der Waals surface area contributed by atoms with E-state index in [0.29, 0.717) is 11.6 Å². The van der Waals surface area contributed by atoms with Gasteiger partial charge >= 0.3 is 0 Å². The van der Waals surface area contributed by atoms with Gasteiger partial charge in [-0.15, -0.1) is 10.2 Å². The van der Waals surface area contributed by atoms with Crippen LogP contribution in [0.4, 0.5) is 5.69 Å². The Morgan fingerprint density at radius 3 is 2.59 bits per heavy atom. The van der Waals surface area contributed by atoms with E-state index in [1.807, 2.05) is 29.8 Å². The fraction of sp³-hybridized carbons (Fsp3) is 0.533. The molecule has 0 radical (unpaired) electrons. The summed E-state index contributed by atoms with van der Waals surface area (Å²) in [6, 6.07) is 10.2. The lowest BCUT2D eigenvalue weighted by atomic mass is 9.58. The predicted molar refractivity (Wildman–Crippen MR) is 145 cm³/mol. The van der Waals surface area contributed by atoms with E-state index in [4.69, 9.17) is 4.98 Å². The number of nitrogens with zero attached hydrogens (tertiary/aromatic N) is 4. The fourth-order valence-electron chi connectivity index (χ4n) is 6.45. The second kappa shape index (κ2) is 8.48. The Morgan fingerprint density at radius 1 is 1.14 bits per heavy atom. The molecule has 37 heavy (non-hydrogen) atoms. The Labute approximate surface area is 219 Å². The SMILES string of the molecule is CC1CC(c2cccc(NC(=O)c3cc(CNC4(C)CC4)c4c(n3)C(C)(C)CC4)c2)(c2nncn2C)C1. The maximum atomic E-state index is 13.5. The monoisotopic (exact) mass is 498 g/mol. The van der Waals surface area contributed by atoms with E-state index in [1.54, 1.807) is 6.33 Å². The Bertz CT molecular complexity index is 1360. The summed E-state index contributed by atoms with van der Waals surface area (Å²) in [5.41, 5.74) is 6.13. The van der Waals surface area contributed by atoms with Gasteiger partial charge < -0.3 is 15.2 Å². The predicted octanol–water partition coefficient (Wildman–Crippen LogP) is 5.04. The Morgan fingerprint density at radius 2 is 1.92 bits per heavy atom. The average molecular weight is 499 g/mol. The van der Waals surface area contributed by atoms with Gasteiger partial charge in [-0.3, -0.25) is 4.79 Å². The summed E-state index contributed by atoms with van der Waals surface area (Å²) in [6.07, 6.45) is 8.32. The van der Waals surface area contributed by atoms with Crippen LogP contribution in [0.25, 0.3) is 0 Å². The zero-order valence-electron chi connectivity index (χ0n) is 22.7. The van der Waals surface area contributed by atoms with Crippen molar-refractivity contribution >= 4 is 11.6 Å². The molecular weight excluding hydrogens is 460 g/mol. The topological polar surface area (TPSA) is 84.7 Å². The molecule has 2 fully saturated rings. The highest BCUT2D eigenvalue weighted by molar-refractivity contribution is 6.03. The molecule has 0 aliphatic heterocycles. The number of anilines is 1. The van der Waals surface area contributed by atoms with Crippen LogP contribution in [-0.2, 0) is 30.8 Å². The van der Waals surface area contributed by atoms with Crippen molar-refractivity contribution in [2.24, 2.45) is 13.0 Å². The Hall–Kier alpha value is -3.06. The summed E-state index contributed by atoms with van der Waals surface area (Å²) in [6.45, 7) is 9.81. The lowest BCUT2D eigenvalue weighted by molar-refractivity contribution is 0.102. The zero-order valence-corrected chi connectivity index (χ0v) is 22.7. The first-order valence-corrected chi connectivity index (χ1v) is 13.6. The van der Waals surface area contributed by atoms with Crippen molar-refractivity contribution in [3.63, 3.8) is 0 Å². The third-order valence-electron chi connectivity index (χ3n) is 9.00. The number of rotatable bonds is 7. The maximum Gasteiger partial charge on any atom is 0.274 e. The van der Waals surface area contributed by atoms with E-state index in [-0.39, 0.29) is 22.3 Å². The van der Waals surface area contributed by atoms with Crippen molar-refractivity contribution in [2.75, 3.05) is 5.32 Å². The van der Waals surface area contributed by atoms with Gasteiger partial charge in [-0.1, -0.05) is 32.9 Å². The van der Waals surface area contributed by atoms with Gasteiger partial charge in [0, 0.05) is 30.2 Å². The molecule has 6 rings (SSSR count). The van der Waals surface area contributed by atoms with Crippen molar-refractivity contribution in [2.45, 2.75) is 89.1 Å². The highest BCUT2D eigenvalue weighted by Crippen LogP contribution is 2.51. The first-order chi connectivity index (χ1) is 17.6. The first-order valence-electron chi connectivity index (χ1n) is 13.6. The number of amides is 1. The number of hydrogen-bond acceptors (Lipinski definition) is 5. The number of benzene rings is 1. The van der Waals surface area contributed by atoms with Gasteiger partial charge in [0.2, 0.25) is 0 Å². The van der Waals surface area contributed by atoms with Crippen molar-refractivity contribution in [3.8, 4) is 0 Å². The van der Waals surface area contributed by atoms with Gasteiger partial charge in [0.15, 0.2) is 0 Å². The highest BCUT2D eigenvalue weighted by atomic mass is 16.1. The normalized spacial score (nSPS) is 24.8. The summed E-state index contributed by atoms with van der Waals surface area (Å²) in [7, 11) is 2.00. The summed E-state index contributed by atoms with van der Waals surface area (Å²) in [5, 5.41) is 15.5. The minimum Gasteiger partial charge on any atom is -0.321 e. The molecule has 0 unspecified atom stereocenters. The summed E-state index contributed by atoms with van der Waals surface area (Å²) >= 11 is 0. The molecule has 3 aliphatic carbocycles. The third kappa shape index (κ3) is 4.27. The third-order valence-corrected chi connectivity index (χ3v) is 9.00. The van der Waals surface area contributed by atoms with E-state index >= 15 is 0 Å². The molecule has 0 spiro atoms. The molecule has 2 heterocycles. The van der Waals surface area contributed by atoms with E-state index in [9.17, 15) is 4.79 Å². The van der Waals surface area contributed by atoms with Crippen molar-refractivity contribution in [3.05, 3.63) is 70.6 Å². The molecule has 1 amide bonds. The molecule has 0 bridgehead atoms. The van der Waals surface area contributed by atoms with Crippen LogP contribution in [0.2, 0.25) is 0 Å². The summed E-state index contributed by atoms with van der Waals surface area (Å²) < 4.78 is 2.02. The van der Waals surface area contributed by atoms with Crippen LogP contribution in [0.1, 0.15) is 98.5 Å². The van der Waals surface area contributed by atoms with Gasteiger partial charge in [0.05, 0.1) is 11.1 Å². The average Bonchev–Trinajstić information content (AvgIpc) is 3.29. The molecule has 2 saturated carbocycles. The first kappa shape index (κ1) is 24.3. The fourth-order valence-corrected chi connectivity index (χ4v) is 6.45. The molecule has 7 heteroatoms. The Kier molecular flexibility index (Phi) is 5.57. The highest BCUT2D eigenvalue weighted by Gasteiger charge is 2.48. The lowest BCUT2D eigenvalue weighted by Crippen LogP contribution is -2.43. The van der Waals surface area contributed by atoms with Gasteiger partial charge in [-0.2, -0.15) is 0 Å². The number of carbonyl (C=O) groups excluding carboxylic acids is 1. The number of fused-ring (bicyclic) bond motifs is 1. The van der Waals surface area contributed by atoms with Gasteiger partial charge in [-0.25, -0.2) is 4.98 Å². The number of aromatic nitrogens is 4. The van der Waals surface area contributed by atoms with Gasteiger partial charge in [-0.05, 0) is 86.3 Å². The van der Waals surface area contributed by atoms with Crippen molar-refractivity contribution < 1.29 is 4.79 Å². The minimum atomic E-state index is -0.168. The van der Waals surface area contributed by atoms with Crippen LogP contribution in [0, 0.1) is 5.92 Å². The lowest BCUT2D eigenvalue weighted by Gasteiger charge is -2.46. The molecule has 194 valence electrons. The summed E-state index contributed by atoms with van der Waals surface area (Å²) in [4.78, 5) is 18.5. The largest absolute Gasteiger partial charge is 0.321 e. The Balaban J connectivity index is 1.29. The maximum absolute atomic E-state index is 13.5. The second-order valence-electron chi connectivity index (χ2n) is 12.7. The van der Waals surface area contributed by atoms with Crippen LogP contribution < -0.4 is 10.6 Å². The summed E-state index contributed by atoms with van der Waals surface area (Å²) in [5.74, 6) is 1.45. The van der Waals surface area contributed by atoms with E-state index in [0.717, 1.165) is 49.4 Å². The van der Waals surface area contributed by atoms with Crippen LogP contribution >= 0.6 is 0 Å². The molecule has 3 aromatic rings. The molecule has 7 nitrogen and oxygen atoms in total. The van der Waals surface area contributed by atoms with Crippen LogP contribution in [0.5, 0.6) is 0 Å². The van der Waals surface area contributed by atoms with E-state index in [1.165, 1.54) is 29.5 Å². The standard InChI is InChI=1S/C30H38N6O/c1-19-15-30(16-19,27-35-32-18-36(27)5)21-7-6-8-22(14-21)33-26(37)24-13-20(17-31-29(4)11-12-29)23-9-10-28(2,3)25(23)34-24/h6-8,13-14,18-19,31H,9-12,15-17H2,1-5H3,(H,33,37). The molecule has 1 aromatic carbocycles. The van der Waals surface area contributed by atoms with Crippen LogP contribution in [-0.4, -0.2) is 31.2 Å². The second-order valence-corrected chi connectivity index (χ2v) is 12.7. The number of nitrogens with one attached hydrogen (secondary N) is 2. The molecule has 0 saturated heterocycles. The number of carbonyl (C=O) groups is 1. The van der Waals surface area contributed by atoms with Gasteiger partial charge in [0.1, 0.15) is 17.8 Å². The minimum absolute atomic E-state index is 0.0207. The smallest absolute Gasteiger partial charge is 0.274 e. The number of hydrogen-bond donors (Lipinski definition) is 2. The quantitative estimate of drug-likeness (QED) is 0.477. The van der Waals surface area contributed by atoms with Crippen LogP contribution in [0.3, 0.4) is 0 Å². The van der Waals surface area contributed by atoms with Gasteiger partial charge in [0.25, 0.3) is 5.91 Å². The molecular formula is C30H38N6O. The molecule has 3 aliphatic rings. The number of pyridine rings is 1.